The first-order valence-electron chi connectivity index (χ1n) is 4.49. The van der Waals surface area contributed by atoms with E-state index in [-0.39, 0.29) is 5.15 Å². The number of nitrogens with zero attached hydrogens (tertiary/aromatic N) is 3. The number of nitrogen functional groups attached to an aromatic ring is 1. The van der Waals surface area contributed by atoms with Gasteiger partial charge in [0.05, 0.1) is 11.6 Å². The molecular formula is C11H7ClN4. The Labute approximate surface area is 97.3 Å². The average Bonchev–Trinajstić information content (AvgIpc) is 2.28. The molecule has 0 bridgehead atoms. The van der Waals surface area contributed by atoms with Gasteiger partial charge in [-0.1, -0.05) is 23.7 Å². The van der Waals surface area contributed by atoms with Gasteiger partial charge in [-0.05, 0) is 12.1 Å². The minimum atomic E-state index is 0.282. The van der Waals surface area contributed by atoms with Crippen molar-refractivity contribution in [2.24, 2.45) is 0 Å². The lowest BCUT2D eigenvalue weighted by Crippen LogP contribution is -1.96. The molecule has 1 aromatic carbocycles. The highest BCUT2D eigenvalue weighted by Crippen LogP contribution is 2.19. The van der Waals surface area contributed by atoms with Crippen LogP contribution in [0.25, 0.3) is 11.4 Å². The lowest BCUT2D eigenvalue weighted by Gasteiger charge is -2.02. The predicted octanol–water partition coefficient (Wildman–Crippen LogP) is 2.25. The molecule has 1 aromatic heterocycles. The first kappa shape index (κ1) is 10.4. The fourth-order valence-electron chi connectivity index (χ4n) is 1.29. The molecule has 0 aliphatic rings. The molecule has 2 aromatic rings. The normalized spacial score (nSPS) is 9.75. The highest BCUT2D eigenvalue weighted by atomic mass is 35.5. The molecule has 0 aliphatic heterocycles. The van der Waals surface area contributed by atoms with Crippen molar-refractivity contribution in [3.8, 4) is 17.5 Å². The molecule has 0 saturated heterocycles. The van der Waals surface area contributed by atoms with Crippen LogP contribution < -0.4 is 5.73 Å². The Kier molecular flexibility index (Phi) is 2.71. The van der Waals surface area contributed by atoms with Crippen molar-refractivity contribution in [2.75, 3.05) is 5.73 Å². The van der Waals surface area contributed by atoms with Gasteiger partial charge in [0, 0.05) is 11.6 Å². The highest BCUT2D eigenvalue weighted by Gasteiger charge is 2.04. The smallest absolute Gasteiger partial charge is 0.163 e. The zero-order valence-electron chi connectivity index (χ0n) is 8.18. The fraction of sp³-hybridized carbons (Fsp3) is 0. The van der Waals surface area contributed by atoms with Crippen molar-refractivity contribution in [2.45, 2.75) is 0 Å². The number of anilines is 1. The van der Waals surface area contributed by atoms with Crippen LogP contribution in [0.5, 0.6) is 0 Å². The molecule has 1 heterocycles. The highest BCUT2D eigenvalue weighted by molar-refractivity contribution is 6.29. The average molecular weight is 231 g/mol. The van der Waals surface area contributed by atoms with Crippen LogP contribution in [0.15, 0.2) is 30.3 Å². The van der Waals surface area contributed by atoms with E-state index < -0.39 is 0 Å². The Balaban J connectivity index is 2.54. The Hall–Kier alpha value is -2.12. The second-order valence-electron chi connectivity index (χ2n) is 3.13. The fourth-order valence-corrected chi connectivity index (χ4v) is 1.48. The van der Waals surface area contributed by atoms with Crippen LogP contribution in [-0.4, -0.2) is 9.97 Å². The van der Waals surface area contributed by atoms with Gasteiger partial charge >= 0.3 is 0 Å². The van der Waals surface area contributed by atoms with Crippen LogP contribution in [0.3, 0.4) is 0 Å². The van der Waals surface area contributed by atoms with Gasteiger partial charge in [0.2, 0.25) is 0 Å². The van der Waals surface area contributed by atoms with Gasteiger partial charge in [-0.15, -0.1) is 0 Å². The van der Waals surface area contributed by atoms with E-state index in [1.807, 2.05) is 6.07 Å². The standard InChI is InChI=1S/C11H7ClN4/c12-9-5-10(14)16-11(15-9)8-3-1-2-7(4-8)6-13/h1-5H,(H2,14,15,16). The van der Waals surface area contributed by atoms with Gasteiger partial charge in [-0.3, -0.25) is 0 Å². The molecule has 4 nitrogen and oxygen atoms in total. The molecule has 0 saturated carbocycles. The van der Waals surface area contributed by atoms with E-state index in [1.54, 1.807) is 24.3 Å². The van der Waals surface area contributed by atoms with E-state index in [1.165, 1.54) is 6.07 Å². The van der Waals surface area contributed by atoms with Crippen LogP contribution in [0.1, 0.15) is 5.56 Å². The minimum Gasteiger partial charge on any atom is -0.384 e. The summed E-state index contributed by atoms with van der Waals surface area (Å²) in [5, 5.41) is 9.06. The van der Waals surface area contributed by atoms with Crippen LogP contribution in [-0.2, 0) is 0 Å². The molecule has 5 heteroatoms. The second kappa shape index (κ2) is 4.17. The summed E-state index contributed by atoms with van der Waals surface area (Å²) >= 11 is 5.78. The maximum Gasteiger partial charge on any atom is 0.163 e. The Morgan fingerprint density at radius 3 is 2.75 bits per heavy atom. The summed E-state index contributed by atoms with van der Waals surface area (Å²) in [5.74, 6) is 0.722. The summed E-state index contributed by atoms with van der Waals surface area (Å²) in [6.45, 7) is 0. The van der Waals surface area contributed by atoms with Crippen LogP contribution in [0.4, 0.5) is 5.82 Å². The van der Waals surface area contributed by atoms with E-state index in [0.29, 0.717) is 22.8 Å². The van der Waals surface area contributed by atoms with Gasteiger partial charge in [0.25, 0.3) is 0 Å². The number of rotatable bonds is 1. The van der Waals surface area contributed by atoms with Gasteiger partial charge in [-0.25, -0.2) is 9.97 Å². The summed E-state index contributed by atoms with van der Waals surface area (Å²) in [6.07, 6.45) is 0. The van der Waals surface area contributed by atoms with E-state index >= 15 is 0 Å². The van der Waals surface area contributed by atoms with Crippen molar-refractivity contribution in [1.82, 2.24) is 9.97 Å². The molecule has 0 unspecified atom stereocenters. The lowest BCUT2D eigenvalue weighted by molar-refractivity contribution is 1.18. The largest absolute Gasteiger partial charge is 0.384 e. The maximum absolute atomic E-state index is 8.78. The number of aromatic nitrogens is 2. The van der Waals surface area contributed by atoms with Crippen molar-refractivity contribution in [1.29, 1.82) is 5.26 Å². The zero-order chi connectivity index (χ0) is 11.5. The number of nitrogens with two attached hydrogens (primary N) is 1. The first-order chi connectivity index (χ1) is 7.69. The van der Waals surface area contributed by atoms with Crippen molar-refractivity contribution in [3.63, 3.8) is 0 Å². The molecular weight excluding hydrogens is 224 g/mol. The molecule has 0 atom stereocenters. The van der Waals surface area contributed by atoms with Crippen LogP contribution >= 0.6 is 11.6 Å². The van der Waals surface area contributed by atoms with Gasteiger partial charge in [0.15, 0.2) is 5.82 Å². The summed E-state index contributed by atoms with van der Waals surface area (Å²) in [4.78, 5) is 8.10. The second-order valence-corrected chi connectivity index (χ2v) is 3.52. The summed E-state index contributed by atoms with van der Waals surface area (Å²) in [5.41, 5.74) is 6.82. The minimum absolute atomic E-state index is 0.282. The van der Waals surface area contributed by atoms with Crippen molar-refractivity contribution < 1.29 is 0 Å². The number of hydrogen-bond donors (Lipinski definition) is 1. The molecule has 78 valence electrons. The number of halogens is 1. The molecule has 0 aliphatic carbocycles. The zero-order valence-corrected chi connectivity index (χ0v) is 8.94. The van der Waals surface area contributed by atoms with Crippen LogP contribution in [0, 0.1) is 11.3 Å². The van der Waals surface area contributed by atoms with Crippen molar-refractivity contribution >= 4 is 17.4 Å². The Morgan fingerprint density at radius 1 is 1.25 bits per heavy atom. The SMILES string of the molecule is N#Cc1cccc(-c2nc(N)cc(Cl)n2)c1. The van der Waals surface area contributed by atoms with E-state index in [9.17, 15) is 0 Å². The number of hydrogen-bond acceptors (Lipinski definition) is 4. The first-order valence-corrected chi connectivity index (χ1v) is 4.87. The van der Waals surface area contributed by atoms with E-state index in [0.717, 1.165) is 0 Å². The van der Waals surface area contributed by atoms with Gasteiger partial charge < -0.3 is 5.73 Å². The van der Waals surface area contributed by atoms with Gasteiger partial charge in [0.1, 0.15) is 11.0 Å². The lowest BCUT2D eigenvalue weighted by atomic mass is 10.1. The van der Waals surface area contributed by atoms with E-state index in [2.05, 4.69) is 9.97 Å². The molecule has 0 fully saturated rings. The Morgan fingerprint density at radius 2 is 2.06 bits per heavy atom. The molecule has 2 N–H and O–H groups in total. The third-order valence-electron chi connectivity index (χ3n) is 1.96. The Bertz CT molecular complexity index is 554. The summed E-state index contributed by atoms with van der Waals surface area (Å²) in [6, 6.07) is 10.5. The maximum atomic E-state index is 8.78. The monoisotopic (exact) mass is 230 g/mol. The number of benzene rings is 1. The molecule has 0 radical (unpaired) electrons. The number of nitriles is 1. The third-order valence-corrected chi connectivity index (χ3v) is 2.16. The molecule has 0 spiro atoms. The summed E-state index contributed by atoms with van der Waals surface area (Å²) in [7, 11) is 0. The van der Waals surface area contributed by atoms with Crippen molar-refractivity contribution in [3.05, 3.63) is 41.0 Å². The molecule has 16 heavy (non-hydrogen) atoms. The topological polar surface area (TPSA) is 75.6 Å². The molecule has 0 amide bonds. The third kappa shape index (κ3) is 2.10. The quantitative estimate of drug-likeness (QED) is 0.763. The van der Waals surface area contributed by atoms with Crippen LogP contribution in [0.2, 0.25) is 5.15 Å². The summed E-state index contributed by atoms with van der Waals surface area (Å²) < 4.78 is 0. The van der Waals surface area contributed by atoms with Gasteiger partial charge in [-0.2, -0.15) is 5.26 Å². The van der Waals surface area contributed by atoms with E-state index in [4.69, 9.17) is 22.6 Å². The predicted molar refractivity (Wildman–Crippen MR) is 61.6 cm³/mol. The molecule has 2 rings (SSSR count).